The zero-order valence-corrected chi connectivity index (χ0v) is 10.6. The summed E-state index contributed by atoms with van der Waals surface area (Å²) in [6, 6.07) is 6.76. The standard InChI is InChI=1S/C12H14N2O3S/c15-11-12(14-7-6-13-11)5-8-18(16,17)10-4-2-1-3-9(10)12/h1-4,14H,5-8H2,(H,13,15). The van der Waals surface area contributed by atoms with Gasteiger partial charge >= 0.3 is 0 Å². The number of hydrogen-bond donors (Lipinski definition) is 2. The number of nitrogens with one attached hydrogen (secondary N) is 2. The fourth-order valence-electron chi connectivity index (χ4n) is 2.73. The van der Waals surface area contributed by atoms with Crippen molar-refractivity contribution in [2.45, 2.75) is 16.9 Å². The minimum Gasteiger partial charge on any atom is -0.353 e. The van der Waals surface area contributed by atoms with Crippen LogP contribution in [0.2, 0.25) is 0 Å². The van der Waals surface area contributed by atoms with Gasteiger partial charge in [0, 0.05) is 18.7 Å². The third kappa shape index (κ3) is 1.49. The summed E-state index contributed by atoms with van der Waals surface area (Å²) in [5.41, 5.74) is -0.298. The number of benzene rings is 1. The van der Waals surface area contributed by atoms with E-state index in [4.69, 9.17) is 0 Å². The number of sulfone groups is 1. The van der Waals surface area contributed by atoms with E-state index in [2.05, 4.69) is 10.6 Å². The molecule has 0 aromatic heterocycles. The van der Waals surface area contributed by atoms with E-state index >= 15 is 0 Å². The number of fused-ring (bicyclic) bond motifs is 2. The van der Waals surface area contributed by atoms with Gasteiger partial charge in [-0.05, 0) is 12.5 Å². The topological polar surface area (TPSA) is 75.3 Å². The Morgan fingerprint density at radius 3 is 2.72 bits per heavy atom. The SMILES string of the molecule is O=C1NCCNC12CCS(=O)(=O)c1ccccc12. The molecule has 2 aliphatic rings. The second kappa shape index (κ2) is 3.80. The van der Waals surface area contributed by atoms with Gasteiger partial charge in [-0.1, -0.05) is 18.2 Å². The van der Waals surface area contributed by atoms with Gasteiger partial charge in [-0.2, -0.15) is 0 Å². The summed E-state index contributed by atoms with van der Waals surface area (Å²) in [4.78, 5) is 12.5. The lowest BCUT2D eigenvalue weighted by Gasteiger charge is -2.41. The smallest absolute Gasteiger partial charge is 0.245 e. The summed E-state index contributed by atoms with van der Waals surface area (Å²) in [5, 5.41) is 6.02. The minimum atomic E-state index is -3.26. The van der Waals surface area contributed by atoms with Gasteiger partial charge in [0.1, 0.15) is 5.54 Å². The number of carbonyl (C=O) groups is 1. The van der Waals surface area contributed by atoms with Crippen LogP contribution < -0.4 is 10.6 Å². The van der Waals surface area contributed by atoms with E-state index in [0.717, 1.165) is 0 Å². The molecule has 3 rings (SSSR count). The summed E-state index contributed by atoms with van der Waals surface area (Å²) in [7, 11) is -3.26. The minimum absolute atomic E-state index is 0.00440. The molecule has 2 aliphatic heterocycles. The molecule has 5 nitrogen and oxygen atoms in total. The van der Waals surface area contributed by atoms with Crippen LogP contribution in [0.15, 0.2) is 29.2 Å². The first-order valence-corrected chi connectivity index (χ1v) is 7.57. The Labute approximate surface area is 105 Å². The van der Waals surface area contributed by atoms with Crippen LogP contribution >= 0.6 is 0 Å². The molecule has 18 heavy (non-hydrogen) atoms. The van der Waals surface area contributed by atoms with Crippen LogP contribution in [0.25, 0.3) is 0 Å². The summed E-state index contributed by atoms with van der Waals surface area (Å²) in [5.74, 6) is -0.124. The lowest BCUT2D eigenvalue weighted by atomic mass is 9.84. The van der Waals surface area contributed by atoms with Crippen molar-refractivity contribution in [2.24, 2.45) is 0 Å². The molecule has 2 heterocycles. The molecule has 0 bridgehead atoms. The van der Waals surface area contributed by atoms with Crippen molar-refractivity contribution in [2.75, 3.05) is 18.8 Å². The van der Waals surface area contributed by atoms with E-state index in [-0.39, 0.29) is 23.0 Å². The number of rotatable bonds is 0. The van der Waals surface area contributed by atoms with Crippen molar-refractivity contribution < 1.29 is 13.2 Å². The Morgan fingerprint density at radius 1 is 1.17 bits per heavy atom. The Hall–Kier alpha value is -1.40. The van der Waals surface area contributed by atoms with Gasteiger partial charge in [-0.3, -0.25) is 10.1 Å². The summed E-state index contributed by atoms with van der Waals surface area (Å²) in [6.07, 6.45) is 0.290. The van der Waals surface area contributed by atoms with E-state index in [1.807, 2.05) is 0 Å². The highest BCUT2D eigenvalue weighted by Gasteiger charge is 2.48. The van der Waals surface area contributed by atoms with Crippen molar-refractivity contribution in [3.05, 3.63) is 29.8 Å². The van der Waals surface area contributed by atoms with Crippen molar-refractivity contribution in [1.82, 2.24) is 10.6 Å². The monoisotopic (exact) mass is 266 g/mol. The van der Waals surface area contributed by atoms with E-state index in [0.29, 0.717) is 18.7 Å². The molecule has 1 aromatic carbocycles. The molecule has 1 spiro atoms. The van der Waals surface area contributed by atoms with Crippen LogP contribution in [0.5, 0.6) is 0 Å². The van der Waals surface area contributed by atoms with Gasteiger partial charge in [0.15, 0.2) is 9.84 Å². The van der Waals surface area contributed by atoms with E-state index in [1.165, 1.54) is 0 Å². The van der Waals surface area contributed by atoms with Crippen molar-refractivity contribution >= 4 is 15.7 Å². The lowest BCUT2D eigenvalue weighted by molar-refractivity contribution is -0.130. The Bertz CT molecular complexity index is 612. The van der Waals surface area contributed by atoms with E-state index in [1.54, 1.807) is 24.3 Å². The van der Waals surface area contributed by atoms with Crippen LogP contribution in [-0.2, 0) is 20.2 Å². The van der Waals surface area contributed by atoms with Crippen LogP contribution in [0.3, 0.4) is 0 Å². The Morgan fingerprint density at radius 2 is 1.94 bits per heavy atom. The molecule has 1 fully saturated rings. The Kier molecular flexibility index (Phi) is 2.46. The first kappa shape index (κ1) is 11.7. The van der Waals surface area contributed by atoms with E-state index in [9.17, 15) is 13.2 Å². The molecular formula is C12H14N2O3S. The van der Waals surface area contributed by atoms with E-state index < -0.39 is 15.4 Å². The number of piperazine rings is 1. The molecule has 1 aromatic rings. The number of amides is 1. The molecule has 0 aliphatic carbocycles. The third-order valence-corrected chi connectivity index (χ3v) is 5.42. The normalized spacial score (nSPS) is 29.7. The quantitative estimate of drug-likeness (QED) is 0.680. The molecule has 1 amide bonds. The summed E-state index contributed by atoms with van der Waals surface area (Å²) >= 11 is 0. The van der Waals surface area contributed by atoms with Crippen LogP contribution in [0, 0.1) is 0 Å². The first-order valence-electron chi connectivity index (χ1n) is 5.92. The average molecular weight is 266 g/mol. The van der Waals surface area contributed by atoms with Crippen molar-refractivity contribution in [1.29, 1.82) is 0 Å². The average Bonchev–Trinajstić information content (AvgIpc) is 2.37. The highest BCUT2D eigenvalue weighted by Crippen LogP contribution is 2.37. The number of carbonyl (C=O) groups excluding carboxylic acids is 1. The van der Waals surface area contributed by atoms with Crippen LogP contribution in [0.1, 0.15) is 12.0 Å². The highest BCUT2D eigenvalue weighted by molar-refractivity contribution is 7.91. The molecular weight excluding hydrogens is 252 g/mol. The zero-order chi connectivity index (χ0) is 12.8. The molecule has 1 atom stereocenters. The second-order valence-corrected chi connectivity index (χ2v) is 6.73. The van der Waals surface area contributed by atoms with Crippen LogP contribution in [-0.4, -0.2) is 33.2 Å². The van der Waals surface area contributed by atoms with Gasteiger partial charge in [-0.15, -0.1) is 0 Å². The largest absolute Gasteiger partial charge is 0.353 e. The summed E-state index contributed by atoms with van der Waals surface area (Å²) in [6.45, 7) is 1.23. The fraction of sp³-hybridized carbons (Fsp3) is 0.417. The highest BCUT2D eigenvalue weighted by atomic mass is 32.2. The van der Waals surface area contributed by atoms with Gasteiger partial charge in [0.2, 0.25) is 5.91 Å². The molecule has 2 N–H and O–H groups in total. The second-order valence-electron chi connectivity index (χ2n) is 4.65. The number of hydrogen-bond acceptors (Lipinski definition) is 4. The van der Waals surface area contributed by atoms with Gasteiger partial charge in [0.05, 0.1) is 10.6 Å². The fourth-order valence-corrected chi connectivity index (χ4v) is 4.38. The molecule has 6 heteroatoms. The Balaban J connectivity index is 2.23. The van der Waals surface area contributed by atoms with Crippen molar-refractivity contribution in [3.63, 3.8) is 0 Å². The predicted molar refractivity (Wildman–Crippen MR) is 65.8 cm³/mol. The lowest BCUT2D eigenvalue weighted by Crippen LogP contribution is -2.62. The predicted octanol–water partition coefficient (Wildman–Crippen LogP) is -0.221. The summed E-state index contributed by atoms with van der Waals surface area (Å²) < 4.78 is 24.1. The maximum Gasteiger partial charge on any atom is 0.245 e. The maximum atomic E-state index is 12.2. The zero-order valence-electron chi connectivity index (χ0n) is 9.77. The molecule has 0 saturated carbocycles. The molecule has 96 valence electrons. The third-order valence-electron chi connectivity index (χ3n) is 3.65. The van der Waals surface area contributed by atoms with Crippen molar-refractivity contribution in [3.8, 4) is 0 Å². The molecule has 0 radical (unpaired) electrons. The maximum absolute atomic E-state index is 12.2. The first-order chi connectivity index (χ1) is 8.56. The van der Waals surface area contributed by atoms with Crippen LogP contribution in [0.4, 0.5) is 0 Å². The van der Waals surface area contributed by atoms with Gasteiger partial charge < -0.3 is 5.32 Å². The van der Waals surface area contributed by atoms with Gasteiger partial charge in [0.25, 0.3) is 0 Å². The molecule has 1 saturated heterocycles. The van der Waals surface area contributed by atoms with Gasteiger partial charge in [-0.25, -0.2) is 8.42 Å². The molecule has 1 unspecified atom stereocenters.